The van der Waals surface area contributed by atoms with Crippen LogP contribution in [0.1, 0.15) is 10.4 Å². The largest absolute Gasteiger partial charge is 0.478 e. The molecular weight excluding hydrogens is 353 g/mol. The number of aromatic carboxylic acids is 1. The van der Waals surface area contributed by atoms with Gasteiger partial charge < -0.3 is 14.8 Å². The van der Waals surface area contributed by atoms with Gasteiger partial charge in [-0.25, -0.2) is 9.78 Å². The van der Waals surface area contributed by atoms with Crippen LogP contribution >= 0.6 is 22.6 Å². The molecule has 2 heterocycles. The lowest BCUT2D eigenvalue weighted by Crippen LogP contribution is -2.11. The molecule has 2 aromatic rings. The van der Waals surface area contributed by atoms with Gasteiger partial charge in [-0.15, -0.1) is 0 Å². The van der Waals surface area contributed by atoms with E-state index in [2.05, 4.69) is 15.0 Å². The molecule has 2 aromatic heterocycles. The number of carboxylic acid groups (broad SMARTS) is 1. The zero-order valence-corrected chi connectivity index (χ0v) is 10.9. The van der Waals surface area contributed by atoms with Crippen molar-refractivity contribution in [3.8, 4) is 11.6 Å². The third-order valence-electron chi connectivity index (χ3n) is 1.94. The fourth-order valence-electron chi connectivity index (χ4n) is 1.14. The number of aromatic amines is 1. The number of carboxylic acids is 1. The first-order valence-corrected chi connectivity index (χ1v) is 5.75. The summed E-state index contributed by atoms with van der Waals surface area (Å²) >= 11 is 1.79. The molecule has 0 saturated carbocycles. The first-order valence-electron chi connectivity index (χ1n) is 4.67. The lowest BCUT2D eigenvalue weighted by molar-refractivity contribution is 0.0696. The highest BCUT2D eigenvalue weighted by Crippen LogP contribution is 2.21. The Labute approximate surface area is 114 Å². The van der Waals surface area contributed by atoms with E-state index < -0.39 is 5.97 Å². The molecule has 0 amide bonds. The summed E-state index contributed by atoms with van der Waals surface area (Å²) in [4.78, 5) is 32.0. The van der Waals surface area contributed by atoms with Crippen LogP contribution in [0, 0.1) is 3.57 Å². The topological polar surface area (TPSA) is 105 Å². The van der Waals surface area contributed by atoms with Crippen LogP contribution in [-0.4, -0.2) is 26.0 Å². The van der Waals surface area contributed by atoms with E-state index in [-0.39, 0.29) is 26.3 Å². The quantitative estimate of drug-likeness (QED) is 0.800. The Morgan fingerprint density at radius 3 is 2.94 bits per heavy atom. The Balaban J connectivity index is 2.34. The van der Waals surface area contributed by atoms with Crippen molar-refractivity contribution in [2.75, 3.05) is 0 Å². The summed E-state index contributed by atoms with van der Waals surface area (Å²) < 4.78 is 5.59. The normalized spacial score (nSPS) is 10.1. The van der Waals surface area contributed by atoms with E-state index in [4.69, 9.17) is 9.84 Å². The molecule has 7 nitrogen and oxygen atoms in total. The van der Waals surface area contributed by atoms with Crippen molar-refractivity contribution in [3.05, 3.63) is 44.3 Å². The number of halogens is 1. The molecule has 0 aliphatic heterocycles. The molecule has 18 heavy (non-hydrogen) atoms. The smallest absolute Gasteiger partial charge is 0.337 e. The predicted molar refractivity (Wildman–Crippen MR) is 68.8 cm³/mol. The summed E-state index contributed by atoms with van der Waals surface area (Å²) in [5.41, 5.74) is -0.338. The van der Waals surface area contributed by atoms with Crippen LogP contribution in [0.15, 0.2) is 29.6 Å². The molecule has 0 aliphatic rings. The van der Waals surface area contributed by atoms with Crippen LogP contribution in [-0.2, 0) is 0 Å². The van der Waals surface area contributed by atoms with E-state index in [0.29, 0.717) is 0 Å². The average molecular weight is 359 g/mol. The number of rotatable bonds is 3. The summed E-state index contributed by atoms with van der Waals surface area (Å²) in [6.45, 7) is 0. The third kappa shape index (κ3) is 2.64. The maximum atomic E-state index is 11.3. The maximum absolute atomic E-state index is 11.3. The van der Waals surface area contributed by atoms with E-state index in [9.17, 15) is 9.59 Å². The van der Waals surface area contributed by atoms with Gasteiger partial charge in [0.1, 0.15) is 9.32 Å². The molecule has 2 N–H and O–H groups in total. The molecule has 0 saturated heterocycles. The van der Waals surface area contributed by atoms with Gasteiger partial charge in [0, 0.05) is 6.20 Å². The average Bonchev–Trinajstić information content (AvgIpc) is 2.35. The molecule has 0 aromatic carbocycles. The van der Waals surface area contributed by atoms with Crippen LogP contribution < -0.4 is 10.3 Å². The first-order chi connectivity index (χ1) is 8.58. The van der Waals surface area contributed by atoms with Gasteiger partial charge >= 0.3 is 5.97 Å². The van der Waals surface area contributed by atoms with Gasteiger partial charge in [-0.1, -0.05) is 0 Å². The second kappa shape index (κ2) is 5.12. The molecule has 0 radical (unpaired) electrons. The molecule has 92 valence electrons. The number of nitrogens with zero attached hydrogens (tertiary/aromatic N) is 2. The Morgan fingerprint density at radius 1 is 1.44 bits per heavy atom. The van der Waals surface area contributed by atoms with Crippen molar-refractivity contribution < 1.29 is 14.6 Å². The number of H-pyrrole nitrogens is 1. The van der Waals surface area contributed by atoms with Crippen molar-refractivity contribution >= 4 is 28.6 Å². The SMILES string of the molecule is O=C(O)c1cncc(Oc2nc[nH]c(=O)c2I)c1. The lowest BCUT2D eigenvalue weighted by atomic mass is 10.3. The minimum absolute atomic E-state index is 0.00708. The van der Waals surface area contributed by atoms with Crippen molar-refractivity contribution in [2.24, 2.45) is 0 Å². The van der Waals surface area contributed by atoms with Gasteiger partial charge in [0.2, 0.25) is 5.88 Å². The second-order valence-electron chi connectivity index (χ2n) is 3.17. The number of carbonyl (C=O) groups is 1. The summed E-state index contributed by atoms with van der Waals surface area (Å²) in [6, 6.07) is 1.30. The summed E-state index contributed by atoms with van der Waals surface area (Å²) in [5, 5.41) is 8.81. The minimum atomic E-state index is -1.11. The van der Waals surface area contributed by atoms with Crippen LogP contribution in [0.3, 0.4) is 0 Å². The minimum Gasteiger partial charge on any atom is -0.478 e. The Bertz CT molecular complexity index is 656. The predicted octanol–water partition coefficient (Wildman–Crippen LogP) is 1.26. The molecule has 0 unspecified atom stereocenters. The Hall–Kier alpha value is -1.97. The van der Waals surface area contributed by atoms with Crippen LogP contribution in [0.5, 0.6) is 11.6 Å². The number of pyridine rings is 1. The highest BCUT2D eigenvalue weighted by atomic mass is 127. The number of aromatic nitrogens is 3. The highest BCUT2D eigenvalue weighted by molar-refractivity contribution is 14.1. The van der Waals surface area contributed by atoms with Gasteiger partial charge in [-0.05, 0) is 28.7 Å². The Morgan fingerprint density at radius 2 is 2.22 bits per heavy atom. The van der Waals surface area contributed by atoms with E-state index in [0.717, 1.165) is 0 Å². The van der Waals surface area contributed by atoms with E-state index in [1.807, 2.05) is 0 Å². The number of nitrogens with one attached hydrogen (secondary N) is 1. The highest BCUT2D eigenvalue weighted by Gasteiger charge is 2.10. The van der Waals surface area contributed by atoms with Gasteiger partial charge in [-0.3, -0.25) is 9.78 Å². The third-order valence-corrected chi connectivity index (χ3v) is 2.89. The Kier molecular flexibility index (Phi) is 3.55. The van der Waals surface area contributed by atoms with Crippen molar-refractivity contribution in [3.63, 3.8) is 0 Å². The van der Waals surface area contributed by atoms with Crippen molar-refractivity contribution in [1.29, 1.82) is 0 Å². The van der Waals surface area contributed by atoms with E-state index >= 15 is 0 Å². The maximum Gasteiger partial charge on any atom is 0.337 e. The zero-order valence-electron chi connectivity index (χ0n) is 8.75. The fourth-order valence-corrected chi connectivity index (χ4v) is 1.55. The molecule has 0 fully saturated rings. The van der Waals surface area contributed by atoms with E-state index in [1.54, 1.807) is 22.6 Å². The standard InChI is InChI=1S/C10H6IN3O4/c11-7-8(15)13-4-14-9(7)18-6-1-5(10(16)17)2-12-3-6/h1-4H,(H,16,17)(H,13,14,15). The summed E-state index contributed by atoms with van der Waals surface area (Å²) in [5.74, 6) is -0.809. The monoisotopic (exact) mass is 359 g/mol. The van der Waals surface area contributed by atoms with Crippen molar-refractivity contribution in [2.45, 2.75) is 0 Å². The van der Waals surface area contributed by atoms with Gasteiger partial charge in [0.25, 0.3) is 5.56 Å². The molecule has 0 aliphatic carbocycles. The molecular formula is C10H6IN3O4. The van der Waals surface area contributed by atoms with Gasteiger partial charge in [-0.2, -0.15) is 0 Å². The molecule has 0 bridgehead atoms. The van der Waals surface area contributed by atoms with E-state index in [1.165, 1.54) is 24.8 Å². The number of ether oxygens (including phenoxy) is 1. The molecule has 2 rings (SSSR count). The fraction of sp³-hybridized carbons (Fsp3) is 0. The lowest BCUT2D eigenvalue weighted by Gasteiger charge is -2.05. The first kappa shape index (κ1) is 12.5. The van der Waals surface area contributed by atoms with Gasteiger partial charge in [0.15, 0.2) is 0 Å². The number of hydrogen-bond donors (Lipinski definition) is 2. The zero-order chi connectivity index (χ0) is 13.1. The summed E-state index contributed by atoms with van der Waals surface area (Å²) in [7, 11) is 0. The number of hydrogen-bond acceptors (Lipinski definition) is 5. The molecule has 8 heteroatoms. The molecule has 0 spiro atoms. The van der Waals surface area contributed by atoms with Crippen LogP contribution in [0.4, 0.5) is 0 Å². The molecule has 0 atom stereocenters. The summed E-state index contributed by atoms with van der Waals surface area (Å²) in [6.07, 6.45) is 3.74. The van der Waals surface area contributed by atoms with Gasteiger partial charge in [0.05, 0.1) is 18.1 Å². The van der Waals surface area contributed by atoms with Crippen molar-refractivity contribution in [1.82, 2.24) is 15.0 Å². The van der Waals surface area contributed by atoms with Crippen LogP contribution in [0.2, 0.25) is 0 Å². The second-order valence-corrected chi connectivity index (χ2v) is 4.25. The van der Waals surface area contributed by atoms with Crippen LogP contribution in [0.25, 0.3) is 0 Å².